The van der Waals surface area contributed by atoms with Gasteiger partial charge >= 0.3 is 0 Å². The summed E-state index contributed by atoms with van der Waals surface area (Å²) in [4.78, 5) is 0.758. The highest BCUT2D eigenvalue weighted by Crippen LogP contribution is 2.20. The second-order valence-corrected chi connectivity index (χ2v) is 8.87. The molecule has 0 saturated heterocycles. The summed E-state index contributed by atoms with van der Waals surface area (Å²) in [6, 6.07) is 3.09. The smallest absolute Gasteiger partial charge is 0.250 e. The van der Waals surface area contributed by atoms with E-state index in [0.717, 1.165) is 22.5 Å². The van der Waals surface area contributed by atoms with Crippen LogP contribution in [0, 0.1) is 0 Å². The highest BCUT2D eigenvalue weighted by atomic mass is 32.2. The van der Waals surface area contributed by atoms with Crippen molar-refractivity contribution in [3.63, 3.8) is 0 Å². The first-order chi connectivity index (χ1) is 7.74. The third kappa shape index (κ3) is 4.72. The molecule has 3 N–H and O–H groups in total. The maximum atomic E-state index is 11.7. The molecule has 0 aliphatic rings. The van der Waals surface area contributed by atoms with Gasteiger partial charge in [-0.1, -0.05) is 0 Å². The van der Waals surface area contributed by atoms with Crippen molar-refractivity contribution in [2.75, 3.05) is 18.6 Å². The minimum atomic E-state index is -3.62. The van der Waals surface area contributed by atoms with Gasteiger partial charge in [0.15, 0.2) is 0 Å². The van der Waals surface area contributed by atoms with E-state index in [1.807, 2.05) is 0 Å². The molecule has 0 fully saturated rings. The van der Waals surface area contributed by atoms with E-state index >= 15 is 0 Å². The first-order valence-electron chi connectivity index (χ1n) is 4.71. The normalized spacial score (nSPS) is 12.8. The molecule has 1 aromatic rings. The van der Waals surface area contributed by atoms with Crippen molar-refractivity contribution in [2.24, 2.45) is 5.73 Å². The molecule has 1 aromatic heterocycles. The Kier molecular flexibility index (Phi) is 4.67. The first-order valence-corrected chi connectivity index (χ1v) is 9.07. The van der Waals surface area contributed by atoms with Crippen LogP contribution in [0.3, 0.4) is 0 Å². The minimum absolute atomic E-state index is 0.128. The van der Waals surface area contributed by atoms with Gasteiger partial charge in [0.05, 0.1) is 5.75 Å². The predicted octanol–water partition coefficient (Wildman–Crippen LogP) is -0.470. The molecule has 1 rings (SSSR count). The van der Waals surface area contributed by atoms with E-state index in [9.17, 15) is 16.8 Å². The van der Waals surface area contributed by atoms with Crippen LogP contribution in [0.15, 0.2) is 16.3 Å². The molecule has 98 valence electrons. The molecule has 0 bridgehead atoms. The summed E-state index contributed by atoms with van der Waals surface area (Å²) in [5.41, 5.74) is 5.38. The second-order valence-electron chi connectivity index (χ2n) is 3.45. The molecule has 0 aromatic carbocycles. The van der Waals surface area contributed by atoms with Crippen LogP contribution < -0.4 is 10.5 Å². The molecule has 0 aliphatic carbocycles. The first kappa shape index (κ1) is 14.6. The molecule has 0 atom stereocenters. The lowest BCUT2D eigenvalue weighted by atomic mass is 10.5. The molecule has 0 aliphatic heterocycles. The van der Waals surface area contributed by atoms with Crippen molar-refractivity contribution in [3.8, 4) is 0 Å². The number of hydrogen-bond donors (Lipinski definition) is 2. The fourth-order valence-corrected chi connectivity index (χ4v) is 3.96. The lowest BCUT2D eigenvalue weighted by Crippen LogP contribution is -2.28. The summed E-state index contributed by atoms with van der Waals surface area (Å²) < 4.78 is 47.5. The standard InChI is InChI=1S/C8H14N2O4S3/c1-16(11,12)5-4-10-17(13,14)8-3-2-7(6-9)15-8/h2-3,10H,4-6,9H2,1H3. The molecule has 1 heterocycles. The Morgan fingerprint density at radius 1 is 1.29 bits per heavy atom. The van der Waals surface area contributed by atoms with Crippen LogP contribution >= 0.6 is 11.3 Å². The van der Waals surface area contributed by atoms with Crippen molar-refractivity contribution in [1.29, 1.82) is 0 Å². The van der Waals surface area contributed by atoms with Gasteiger partial charge in [0.1, 0.15) is 14.0 Å². The minimum Gasteiger partial charge on any atom is -0.326 e. The van der Waals surface area contributed by atoms with Crippen LogP contribution in [0.2, 0.25) is 0 Å². The van der Waals surface area contributed by atoms with Crippen LogP contribution in [0.25, 0.3) is 0 Å². The van der Waals surface area contributed by atoms with E-state index in [1.54, 1.807) is 6.07 Å². The molecular weight excluding hydrogens is 284 g/mol. The Hall–Kier alpha value is -0.480. The molecule has 0 saturated carbocycles. The molecule has 0 amide bonds. The quantitative estimate of drug-likeness (QED) is 0.738. The van der Waals surface area contributed by atoms with E-state index in [1.165, 1.54) is 6.07 Å². The predicted molar refractivity (Wildman–Crippen MR) is 67.1 cm³/mol. The zero-order valence-corrected chi connectivity index (χ0v) is 11.7. The molecule has 0 spiro atoms. The number of thiophene rings is 1. The number of sulfonamides is 1. The van der Waals surface area contributed by atoms with E-state index in [-0.39, 0.29) is 23.1 Å². The third-order valence-corrected chi connectivity index (χ3v) is 5.87. The van der Waals surface area contributed by atoms with Crippen LogP contribution in [-0.4, -0.2) is 35.4 Å². The van der Waals surface area contributed by atoms with Gasteiger partial charge in [-0.25, -0.2) is 21.6 Å². The monoisotopic (exact) mass is 298 g/mol. The zero-order valence-electron chi connectivity index (χ0n) is 9.21. The molecule has 9 heteroatoms. The van der Waals surface area contributed by atoms with Gasteiger partial charge in [0, 0.05) is 24.2 Å². The Labute approximate surface area is 105 Å². The van der Waals surface area contributed by atoms with Gasteiger partial charge in [-0.05, 0) is 12.1 Å². The van der Waals surface area contributed by atoms with Gasteiger partial charge in [-0.3, -0.25) is 0 Å². The molecule has 17 heavy (non-hydrogen) atoms. The second kappa shape index (κ2) is 5.44. The molecule has 0 radical (unpaired) electrons. The number of nitrogens with one attached hydrogen (secondary N) is 1. The maximum Gasteiger partial charge on any atom is 0.250 e. The number of sulfone groups is 1. The van der Waals surface area contributed by atoms with Crippen molar-refractivity contribution in [1.82, 2.24) is 4.72 Å². The summed E-state index contributed by atoms with van der Waals surface area (Å²) in [5, 5.41) is 0. The maximum absolute atomic E-state index is 11.7. The zero-order chi connectivity index (χ0) is 13.1. The third-order valence-electron chi connectivity index (χ3n) is 1.87. The Bertz CT molecular complexity index is 574. The summed E-state index contributed by atoms with van der Waals surface area (Å²) >= 11 is 1.07. The molecule has 0 unspecified atom stereocenters. The average Bonchev–Trinajstić information content (AvgIpc) is 2.63. The van der Waals surface area contributed by atoms with E-state index in [2.05, 4.69) is 4.72 Å². The van der Waals surface area contributed by atoms with Gasteiger partial charge in [-0.15, -0.1) is 11.3 Å². The molecular formula is C8H14N2O4S3. The fourth-order valence-electron chi connectivity index (χ4n) is 1.04. The van der Waals surface area contributed by atoms with E-state index in [0.29, 0.717) is 0 Å². The number of rotatable bonds is 6. The largest absolute Gasteiger partial charge is 0.326 e. The fraction of sp³-hybridized carbons (Fsp3) is 0.500. The van der Waals surface area contributed by atoms with Crippen molar-refractivity contribution < 1.29 is 16.8 Å². The summed E-state index contributed by atoms with van der Waals surface area (Å²) in [7, 11) is -6.80. The van der Waals surface area contributed by atoms with Crippen LogP contribution in [0.4, 0.5) is 0 Å². The van der Waals surface area contributed by atoms with Crippen molar-refractivity contribution in [3.05, 3.63) is 17.0 Å². The molecule has 6 nitrogen and oxygen atoms in total. The SMILES string of the molecule is CS(=O)(=O)CCNS(=O)(=O)c1ccc(CN)s1. The summed E-state index contributed by atoms with van der Waals surface area (Å²) in [5.74, 6) is -0.221. The van der Waals surface area contributed by atoms with Crippen molar-refractivity contribution >= 4 is 31.2 Å². The topological polar surface area (TPSA) is 106 Å². The number of hydrogen-bond acceptors (Lipinski definition) is 6. The average molecular weight is 298 g/mol. The number of nitrogens with two attached hydrogens (primary N) is 1. The highest BCUT2D eigenvalue weighted by Gasteiger charge is 2.16. The van der Waals surface area contributed by atoms with E-state index in [4.69, 9.17) is 5.73 Å². The van der Waals surface area contributed by atoms with Crippen LogP contribution in [0.1, 0.15) is 4.88 Å². The lowest BCUT2D eigenvalue weighted by Gasteiger charge is -2.03. The summed E-state index contributed by atoms with van der Waals surface area (Å²) in [6.45, 7) is 0.153. The van der Waals surface area contributed by atoms with Gasteiger partial charge in [0.25, 0.3) is 0 Å². The van der Waals surface area contributed by atoms with Crippen LogP contribution in [-0.2, 0) is 26.4 Å². The van der Waals surface area contributed by atoms with Crippen LogP contribution in [0.5, 0.6) is 0 Å². The Balaban J connectivity index is 2.69. The lowest BCUT2D eigenvalue weighted by molar-refractivity contribution is 0.584. The van der Waals surface area contributed by atoms with E-state index < -0.39 is 19.9 Å². The summed E-state index contributed by atoms with van der Waals surface area (Å²) in [6.07, 6.45) is 1.05. The van der Waals surface area contributed by atoms with Gasteiger partial charge in [0.2, 0.25) is 10.0 Å². The van der Waals surface area contributed by atoms with Gasteiger partial charge in [-0.2, -0.15) is 0 Å². The Morgan fingerprint density at radius 2 is 1.94 bits per heavy atom. The Morgan fingerprint density at radius 3 is 2.41 bits per heavy atom. The van der Waals surface area contributed by atoms with Crippen molar-refractivity contribution in [2.45, 2.75) is 10.8 Å². The highest BCUT2D eigenvalue weighted by molar-refractivity contribution is 7.92. The van der Waals surface area contributed by atoms with Gasteiger partial charge < -0.3 is 5.73 Å².